The maximum atomic E-state index is 12.3. The molecule has 0 aliphatic heterocycles. The minimum atomic E-state index is -3.53. The molecule has 0 amide bonds. The molecule has 0 heterocycles. The number of nitrogens with one attached hydrogen (secondary N) is 1. The first-order valence-corrected chi connectivity index (χ1v) is 8.17. The summed E-state index contributed by atoms with van der Waals surface area (Å²) in [4.78, 5) is 0.251. The monoisotopic (exact) mass is 339 g/mol. The normalized spacial score (nSPS) is 11.3. The van der Waals surface area contributed by atoms with Gasteiger partial charge in [-0.15, -0.1) is 0 Å². The molecule has 100 valence electrons. The van der Waals surface area contributed by atoms with Crippen LogP contribution < -0.4 is 4.72 Å². The number of anilines is 1. The van der Waals surface area contributed by atoms with E-state index in [0.29, 0.717) is 5.69 Å². The second kappa shape index (κ2) is 5.75. The fourth-order valence-electron chi connectivity index (χ4n) is 1.75. The van der Waals surface area contributed by atoms with Crippen LogP contribution in [0.15, 0.2) is 57.9 Å². The molecule has 0 spiro atoms. The molecular weight excluding hydrogens is 326 g/mol. The van der Waals surface area contributed by atoms with Crippen LogP contribution in [0.2, 0.25) is 0 Å². The summed E-state index contributed by atoms with van der Waals surface area (Å²) >= 11 is 3.29. The summed E-state index contributed by atoms with van der Waals surface area (Å²) in [5, 5.41) is 0. The summed E-state index contributed by atoms with van der Waals surface area (Å²) in [6.45, 7) is 1.99. The fourth-order valence-corrected chi connectivity index (χ4v) is 3.11. The average molecular weight is 340 g/mol. The van der Waals surface area contributed by atoms with Crippen LogP contribution in [0.3, 0.4) is 0 Å². The first-order valence-electron chi connectivity index (χ1n) is 5.89. The molecule has 0 atom stereocenters. The van der Waals surface area contributed by atoms with Crippen molar-refractivity contribution in [2.75, 3.05) is 4.72 Å². The highest BCUT2D eigenvalue weighted by molar-refractivity contribution is 9.10. The number of halogens is 1. The van der Waals surface area contributed by atoms with Crippen LogP contribution in [0.25, 0.3) is 0 Å². The van der Waals surface area contributed by atoms with E-state index < -0.39 is 10.0 Å². The van der Waals surface area contributed by atoms with Gasteiger partial charge in [-0.25, -0.2) is 8.42 Å². The molecule has 0 saturated heterocycles. The second-order valence-electron chi connectivity index (χ2n) is 4.07. The Hall–Kier alpha value is -1.33. The predicted octanol–water partition coefficient (Wildman–Crippen LogP) is 3.81. The Morgan fingerprint density at radius 1 is 1.05 bits per heavy atom. The zero-order valence-corrected chi connectivity index (χ0v) is 12.8. The number of para-hydroxylation sites is 1. The molecule has 2 aromatic rings. The zero-order chi connectivity index (χ0) is 13.9. The third-order valence-corrected chi connectivity index (χ3v) is 4.68. The first kappa shape index (κ1) is 14.1. The average Bonchev–Trinajstić information content (AvgIpc) is 2.39. The van der Waals surface area contributed by atoms with E-state index in [1.165, 1.54) is 0 Å². The lowest BCUT2D eigenvalue weighted by molar-refractivity contribution is 0.601. The number of hydrogen-bond donors (Lipinski definition) is 1. The van der Waals surface area contributed by atoms with Crippen molar-refractivity contribution >= 4 is 31.6 Å². The summed E-state index contributed by atoms with van der Waals surface area (Å²) < 4.78 is 28.0. The van der Waals surface area contributed by atoms with E-state index in [-0.39, 0.29) is 4.90 Å². The topological polar surface area (TPSA) is 46.2 Å². The Morgan fingerprint density at radius 2 is 1.68 bits per heavy atom. The Balaban J connectivity index is 2.34. The Bertz CT molecular complexity index is 666. The van der Waals surface area contributed by atoms with Gasteiger partial charge < -0.3 is 0 Å². The van der Waals surface area contributed by atoms with E-state index >= 15 is 0 Å². The Morgan fingerprint density at radius 3 is 2.32 bits per heavy atom. The van der Waals surface area contributed by atoms with Gasteiger partial charge in [-0.2, -0.15) is 0 Å². The summed E-state index contributed by atoms with van der Waals surface area (Å²) in [6, 6.07) is 14.0. The molecular formula is C14H14BrNO2S. The van der Waals surface area contributed by atoms with E-state index in [1.54, 1.807) is 30.3 Å². The Labute approximate surface area is 121 Å². The van der Waals surface area contributed by atoms with Gasteiger partial charge in [0.25, 0.3) is 10.0 Å². The van der Waals surface area contributed by atoms with Gasteiger partial charge in [0.15, 0.2) is 0 Å². The quantitative estimate of drug-likeness (QED) is 0.920. The molecule has 3 nitrogen and oxygen atoms in total. The van der Waals surface area contributed by atoms with E-state index in [4.69, 9.17) is 0 Å². The maximum absolute atomic E-state index is 12.3. The van der Waals surface area contributed by atoms with Gasteiger partial charge in [0, 0.05) is 4.47 Å². The van der Waals surface area contributed by atoms with Crippen LogP contribution in [0.4, 0.5) is 5.69 Å². The van der Waals surface area contributed by atoms with Crippen molar-refractivity contribution in [2.45, 2.75) is 18.2 Å². The minimum Gasteiger partial charge on any atom is -0.279 e. The molecule has 0 aliphatic rings. The third kappa shape index (κ3) is 3.36. The van der Waals surface area contributed by atoms with Crippen LogP contribution in [-0.4, -0.2) is 8.42 Å². The van der Waals surface area contributed by atoms with Gasteiger partial charge >= 0.3 is 0 Å². The van der Waals surface area contributed by atoms with Crippen molar-refractivity contribution in [3.05, 3.63) is 58.6 Å². The number of rotatable bonds is 4. The summed E-state index contributed by atoms with van der Waals surface area (Å²) in [5.41, 5.74) is 1.61. The number of hydrogen-bond acceptors (Lipinski definition) is 2. The van der Waals surface area contributed by atoms with Crippen LogP contribution in [0.1, 0.15) is 12.5 Å². The summed E-state index contributed by atoms with van der Waals surface area (Å²) in [5.74, 6) is 0. The maximum Gasteiger partial charge on any atom is 0.261 e. The molecule has 0 unspecified atom stereocenters. The van der Waals surface area contributed by atoms with Crippen LogP contribution in [0.5, 0.6) is 0 Å². The Kier molecular flexibility index (Phi) is 4.27. The van der Waals surface area contributed by atoms with Gasteiger partial charge in [-0.1, -0.05) is 41.1 Å². The lowest BCUT2D eigenvalue weighted by atomic mass is 10.1. The van der Waals surface area contributed by atoms with Crippen molar-refractivity contribution in [2.24, 2.45) is 0 Å². The van der Waals surface area contributed by atoms with Gasteiger partial charge in [0.05, 0.1) is 10.6 Å². The SMILES string of the molecule is CCc1ccccc1NS(=O)(=O)c1ccc(Br)cc1. The van der Waals surface area contributed by atoms with Gasteiger partial charge in [0.1, 0.15) is 0 Å². The third-order valence-electron chi connectivity index (χ3n) is 2.77. The highest BCUT2D eigenvalue weighted by atomic mass is 79.9. The van der Waals surface area contributed by atoms with Crippen molar-refractivity contribution < 1.29 is 8.42 Å². The molecule has 0 bridgehead atoms. The van der Waals surface area contributed by atoms with Gasteiger partial charge in [0.2, 0.25) is 0 Å². The molecule has 0 fully saturated rings. The van der Waals surface area contributed by atoms with Gasteiger partial charge in [-0.3, -0.25) is 4.72 Å². The fraction of sp³-hybridized carbons (Fsp3) is 0.143. The summed E-state index contributed by atoms with van der Waals surface area (Å²) in [7, 11) is -3.53. The van der Waals surface area contributed by atoms with E-state index in [9.17, 15) is 8.42 Å². The highest BCUT2D eigenvalue weighted by Crippen LogP contribution is 2.21. The molecule has 1 N–H and O–H groups in total. The molecule has 0 aromatic heterocycles. The standard InChI is InChI=1S/C14H14BrNO2S/c1-2-11-5-3-4-6-14(11)16-19(17,18)13-9-7-12(15)8-10-13/h3-10,16H,2H2,1H3. The number of sulfonamides is 1. The minimum absolute atomic E-state index is 0.251. The molecule has 2 aromatic carbocycles. The molecule has 19 heavy (non-hydrogen) atoms. The molecule has 0 saturated carbocycles. The lowest BCUT2D eigenvalue weighted by Gasteiger charge is -2.11. The smallest absolute Gasteiger partial charge is 0.261 e. The van der Waals surface area contributed by atoms with E-state index in [0.717, 1.165) is 16.5 Å². The number of aryl methyl sites for hydroxylation is 1. The van der Waals surface area contributed by atoms with E-state index in [2.05, 4.69) is 20.7 Å². The van der Waals surface area contributed by atoms with Crippen molar-refractivity contribution in [1.29, 1.82) is 0 Å². The molecule has 0 aliphatic carbocycles. The van der Waals surface area contributed by atoms with Gasteiger partial charge in [-0.05, 0) is 42.3 Å². The summed E-state index contributed by atoms with van der Waals surface area (Å²) in [6.07, 6.45) is 0.777. The van der Waals surface area contributed by atoms with Crippen LogP contribution >= 0.6 is 15.9 Å². The first-order chi connectivity index (χ1) is 9.03. The molecule has 5 heteroatoms. The zero-order valence-electron chi connectivity index (χ0n) is 10.4. The van der Waals surface area contributed by atoms with E-state index in [1.807, 2.05) is 25.1 Å². The van der Waals surface area contributed by atoms with Crippen molar-refractivity contribution in [1.82, 2.24) is 0 Å². The second-order valence-corrected chi connectivity index (χ2v) is 6.67. The number of benzene rings is 2. The highest BCUT2D eigenvalue weighted by Gasteiger charge is 2.15. The van der Waals surface area contributed by atoms with Crippen LogP contribution in [0, 0.1) is 0 Å². The van der Waals surface area contributed by atoms with Crippen molar-refractivity contribution in [3.8, 4) is 0 Å². The molecule has 0 radical (unpaired) electrons. The largest absolute Gasteiger partial charge is 0.279 e. The van der Waals surface area contributed by atoms with Crippen LogP contribution in [-0.2, 0) is 16.4 Å². The van der Waals surface area contributed by atoms with Crippen molar-refractivity contribution in [3.63, 3.8) is 0 Å². The predicted molar refractivity (Wildman–Crippen MR) is 80.8 cm³/mol. The molecule has 2 rings (SSSR count). The lowest BCUT2D eigenvalue weighted by Crippen LogP contribution is -2.14.